The quantitative estimate of drug-likeness (QED) is 0.417. The molecule has 0 amide bonds. The lowest BCUT2D eigenvalue weighted by Gasteiger charge is -2.15. The molecule has 2 rings (SSSR count). The number of nitrogens with one attached hydrogen (secondary N) is 2. The number of benzene rings is 1. The third-order valence-corrected chi connectivity index (χ3v) is 5.20. The number of sulfone groups is 1. The summed E-state index contributed by atoms with van der Waals surface area (Å²) >= 11 is 0. The lowest BCUT2D eigenvalue weighted by Crippen LogP contribution is -2.44. The maximum absolute atomic E-state index is 11.5. The van der Waals surface area contributed by atoms with Crippen LogP contribution >= 0.6 is 24.0 Å². The highest BCUT2D eigenvalue weighted by Crippen LogP contribution is 2.11. The zero-order valence-corrected chi connectivity index (χ0v) is 15.9. The van der Waals surface area contributed by atoms with Crippen molar-refractivity contribution in [2.24, 2.45) is 4.99 Å². The fourth-order valence-corrected chi connectivity index (χ4v) is 4.04. The highest BCUT2D eigenvalue weighted by molar-refractivity contribution is 14.0. The Balaban J connectivity index is 0.00000242. The van der Waals surface area contributed by atoms with Crippen molar-refractivity contribution in [3.8, 4) is 0 Å². The molecule has 7 heteroatoms. The minimum Gasteiger partial charge on any atom is -0.357 e. The number of aliphatic imine (C=N–C) groups is 1. The standard InChI is InChI=1S/C15H23N3O2S.HI/c1-2-16-15(18-14-9-11-21(19,20)12-14)17-10-8-13-6-4-3-5-7-13;/h3-7,14H,2,8-12H2,1H3,(H2,16,17,18);1H. The third-order valence-electron chi connectivity index (χ3n) is 3.43. The van der Waals surface area contributed by atoms with Gasteiger partial charge in [0.05, 0.1) is 11.5 Å². The summed E-state index contributed by atoms with van der Waals surface area (Å²) in [4.78, 5) is 4.52. The van der Waals surface area contributed by atoms with Crippen molar-refractivity contribution in [3.63, 3.8) is 0 Å². The minimum absolute atomic E-state index is 0. The predicted molar refractivity (Wildman–Crippen MR) is 102 cm³/mol. The smallest absolute Gasteiger partial charge is 0.191 e. The molecule has 0 aliphatic carbocycles. The molecule has 2 N–H and O–H groups in total. The normalized spacial score (nSPS) is 20.2. The molecule has 1 heterocycles. The molecule has 0 radical (unpaired) electrons. The summed E-state index contributed by atoms with van der Waals surface area (Å²) in [7, 11) is -2.86. The van der Waals surface area contributed by atoms with Crippen LogP contribution in [-0.4, -0.2) is 45.0 Å². The number of guanidine groups is 1. The van der Waals surface area contributed by atoms with Crippen molar-refractivity contribution in [2.45, 2.75) is 25.8 Å². The van der Waals surface area contributed by atoms with E-state index in [9.17, 15) is 8.42 Å². The van der Waals surface area contributed by atoms with E-state index in [4.69, 9.17) is 0 Å². The molecule has 0 saturated carbocycles. The second kappa shape index (κ2) is 9.34. The van der Waals surface area contributed by atoms with E-state index in [-0.39, 0.29) is 41.5 Å². The van der Waals surface area contributed by atoms with Crippen LogP contribution in [0.1, 0.15) is 18.9 Å². The Labute approximate surface area is 149 Å². The average Bonchev–Trinajstić information content (AvgIpc) is 2.79. The Morgan fingerprint density at radius 3 is 2.64 bits per heavy atom. The third kappa shape index (κ3) is 6.51. The van der Waals surface area contributed by atoms with Gasteiger partial charge in [0.2, 0.25) is 0 Å². The molecular formula is C15H24IN3O2S. The minimum atomic E-state index is -2.86. The molecule has 5 nitrogen and oxygen atoms in total. The van der Waals surface area contributed by atoms with Crippen LogP contribution in [0, 0.1) is 0 Å². The van der Waals surface area contributed by atoms with Gasteiger partial charge < -0.3 is 10.6 Å². The number of nitrogens with zero attached hydrogens (tertiary/aromatic N) is 1. The maximum atomic E-state index is 11.5. The SMILES string of the molecule is CCNC(=NCCc1ccccc1)NC1CCS(=O)(=O)C1.I. The molecule has 0 aromatic heterocycles. The second-order valence-corrected chi connectivity index (χ2v) is 7.47. The molecule has 1 fully saturated rings. The molecular weight excluding hydrogens is 413 g/mol. The van der Waals surface area contributed by atoms with Gasteiger partial charge in [-0.25, -0.2) is 8.42 Å². The van der Waals surface area contributed by atoms with Gasteiger partial charge in [0.15, 0.2) is 15.8 Å². The molecule has 22 heavy (non-hydrogen) atoms. The van der Waals surface area contributed by atoms with Crippen LogP contribution in [0.3, 0.4) is 0 Å². The van der Waals surface area contributed by atoms with Gasteiger partial charge in [0.1, 0.15) is 0 Å². The van der Waals surface area contributed by atoms with Crippen LogP contribution in [0.25, 0.3) is 0 Å². The summed E-state index contributed by atoms with van der Waals surface area (Å²) < 4.78 is 23.0. The Hall–Kier alpha value is -0.830. The van der Waals surface area contributed by atoms with E-state index in [2.05, 4.69) is 27.8 Å². The first-order valence-electron chi connectivity index (χ1n) is 7.38. The van der Waals surface area contributed by atoms with E-state index in [1.165, 1.54) is 5.56 Å². The molecule has 124 valence electrons. The van der Waals surface area contributed by atoms with Gasteiger partial charge in [0, 0.05) is 19.1 Å². The van der Waals surface area contributed by atoms with Crippen LogP contribution in [0.2, 0.25) is 0 Å². The van der Waals surface area contributed by atoms with Crippen molar-refractivity contribution >= 4 is 39.8 Å². The molecule has 1 aliphatic heterocycles. The van der Waals surface area contributed by atoms with Crippen molar-refractivity contribution in [1.82, 2.24) is 10.6 Å². The van der Waals surface area contributed by atoms with Gasteiger partial charge >= 0.3 is 0 Å². The average molecular weight is 437 g/mol. The van der Waals surface area contributed by atoms with E-state index >= 15 is 0 Å². The van der Waals surface area contributed by atoms with E-state index < -0.39 is 9.84 Å². The largest absolute Gasteiger partial charge is 0.357 e. The van der Waals surface area contributed by atoms with Gasteiger partial charge in [0.25, 0.3) is 0 Å². The Morgan fingerprint density at radius 2 is 2.05 bits per heavy atom. The Morgan fingerprint density at radius 1 is 1.32 bits per heavy atom. The highest BCUT2D eigenvalue weighted by Gasteiger charge is 2.28. The number of halogens is 1. The molecule has 1 atom stereocenters. The predicted octanol–water partition coefficient (Wildman–Crippen LogP) is 1.59. The van der Waals surface area contributed by atoms with Gasteiger partial charge in [-0.15, -0.1) is 24.0 Å². The van der Waals surface area contributed by atoms with Gasteiger partial charge in [-0.05, 0) is 25.3 Å². The summed E-state index contributed by atoms with van der Waals surface area (Å²) in [5.41, 5.74) is 1.25. The van der Waals surface area contributed by atoms with Crippen molar-refractivity contribution in [2.75, 3.05) is 24.6 Å². The summed E-state index contributed by atoms with van der Waals surface area (Å²) in [6, 6.07) is 10.2. The number of hydrogen-bond acceptors (Lipinski definition) is 3. The fourth-order valence-electron chi connectivity index (χ4n) is 2.36. The van der Waals surface area contributed by atoms with E-state index in [1.54, 1.807) is 0 Å². The van der Waals surface area contributed by atoms with Crippen LogP contribution in [0.15, 0.2) is 35.3 Å². The Bertz CT molecular complexity index is 576. The van der Waals surface area contributed by atoms with Gasteiger partial charge in [-0.3, -0.25) is 4.99 Å². The summed E-state index contributed by atoms with van der Waals surface area (Å²) in [6.07, 6.45) is 1.53. The summed E-state index contributed by atoms with van der Waals surface area (Å²) in [6.45, 7) is 3.44. The molecule has 1 aromatic carbocycles. The van der Waals surface area contributed by atoms with Crippen LogP contribution in [0.4, 0.5) is 0 Å². The van der Waals surface area contributed by atoms with Crippen LogP contribution < -0.4 is 10.6 Å². The number of hydrogen-bond donors (Lipinski definition) is 2. The fraction of sp³-hybridized carbons (Fsp3) is 0.533. The molecule has 1 aromatic rings. The lowest BCUT2D eigenvalue weighted by atomic mass is 10.2. The number of rotatable bonds is 5. The van der Waals surface area contributed by atoms with Crippen molar-refractivity contribution in [1.29, 1.82) is 0 Å². The molecule has 0 spiro atoms. The molecule has 1 aliphatic rings. The lowest BCUT2D eigenvalue weighted by molar-refractivity contribution is 0.599. The Kier molecular flexibility index (Phi) is 8.16. The molecule has 1 saturated heterocycles. The van der Waals surface area contributed by atoms with E-state index in [1.807, 2.05) is 25.1 Å². The zero-order chi connectivity index (χ0) is 15.1. The molecule has 0 bridgehead atoms. The van der Waals surface area contributed by atoms with E-state index in [0.29, 0.717) is 18.9 Å². The first-order chi connectivity index (χ1) is 10.1. The monoisotopic (exact) mass is 437 g/mol. The maximum Gasteiger partial charge on any atom is 0.191 e. The molecule has 1 unspecified atom stereocenters. The second-order valence-electron chi connectivity index (χ2n) is 5.24. The van der Waals surface area contributed by atoms with Gasteiger partial charge in [-0.1, -0.05) is 30.3 Å². The zero-order valence-electron chi connectivity index (χ0n) is 12.8. The topological polar surface area (TPSA) is 70.6 Å². The van der Waals surface area contributed by atoms with Crippen molar-refractivity contribution in [3.05, 3.63) is 35.9 Å². The first kappa shape index (κ1) is 19.2. The summed E-state index contributed by atoms with van der Waals surface area (Å²) in [5, 5.41) is 6.39. The van der Waals surface area contributed by atoms with Gasteiger partial charge in [-0.2, -0.15) is 0 Å². The van der Waals surface area contributed by atoms with Crippen LogP contribution in [-0.2, 0) is 16.3 Å². The summed E-state index contributed by atoms with van der Waals surface area (Å²) in [5.74, 6) is 1.18. The van der Waals surface area contributed by atoms with Crippen molar-refractivity contribution < 1.29 is 8.42 Å². The first-order valence-corrected chi connectivity index (χ1v) is 9.20. The van der Waals surface area contributed by atoms with E-state index in [0.717, 1.165) is 13.0 Å². The van der Waals surface area contributed by atoms with Crippen LogP contribution in [0.5, 0.6) is 0 Å². The highest BCUT2D eigenvalue weighted by atomic mass is 127.